The Bertz CT molecular complexity index is 3270. The number of anilines is 3. The molecule has 12 rings (SSSR count). The van der Waals surface area contributed by atoms with Crippen molar-refractivity contribution in [2.75, 3.05) is 4.90 Å². The molecule has 0 bridgehead atoms. The molecule has 0 radical (unpaired) electrons. The number of benzene rings is 9. The summed E-state index contributed by atoms with van der Waals surface area (Å²) in [4.78, 5) is 2.53. The SMILES string of the molecule is CC(C)(C)c1ccc(-c2ccc3c(c2)C2(c4ccccc4-3)c3ccccc3-c3c(N(c4ccc(-c5ccccc5)cc4)c4ccc5c(c4)C(C)(C)c4ccccc4-5)cccc32)cc1. The fourth-order valence-electron chi connectivity index (χ4n) is 11.4. The molecule has 0 saturated carbocycles. The van der Waals surface area contributed by atoms with Crippen LogP contribution in [0.25, 0.3) is 55.6 Å². The van der Waals surface area contributed by atoms with Crippen molar-refractivity contribution in [2.24, 2.45) is 0 Å². The van der Waals surface area contributed by atoms with Gasteiger partial charge in [0.2, 0.25) is 0 Å². The number of fused-ring (bicyclic) bond motifs is 13. The van der Waals surface area contributed by atoms with Crippen molar-refractivity contribution in [1.29, 1.82) is 0 Å². The highest BCUT2D eigenvalue weighted by atomic mass is 15.1. The monoisotopic (exact) mass is 807 g/mol. The highest BCUT2D eigenvalue weighted by Crippen LogP contribution is 2.65. The van der Waals surface area contributed by atoms with Gasteiger partial charge < -0.3 is 4.90 Å². The second-order valence-corrected chi connectivity index (χ2v) is 19.3. The van der Waals surface area contributed by atoms with Crippen LogP contribution < -0.4 is 4.90 Å². The molecule has 0 saturated heterocycles. The second-order valence-electron chi connectivity index (χ2n) is 19.3. The van der Waals surface area contributed by atoms with Crippen LogP contribution in [-0.2, 0) is 16.2 Å². The van der Waals surface area contributed by atoms with Gasteiger partial charge in [-0.25, -0.2) is 0 Å². The first-order valence-electron chi connectivity index (χ1n) is 22.4. The number of nitrogens with zero attached hydrogens (tertiary/aromatic N) is 1. The molecule has 0 amide bonds. The van der Waals surface area contributed by atoms with E-state index in [1.807, 2.05) is 0 Å². The molecule has 0 N–H and O–H groups in total. The number of hydrogen-bond donors (Lipinski definition) is 0. The highest BCUT2D eigenvalue weighted by molar-refractivity contribution is 6.02. The van der Waals surface area contributed by atoms with Gasteiger partial charge in [-0.2, -0.15) is 0 Å². The molecule has 3 aliphatic rings. The largest absolute Gasteiger partial charge is 0.310 e. The Balaban J connectivity index is 1.10. The molecule has 0 fully saturated rings. The van der Waals surface area contributed by atoms with Crippen LogP contribution in [0.4, 0.5) is 17.1 Å². The van der Waals surface area contributed by atoms with Crippen molar-refractivity contribution >= 4 is 17.1 Å². The molecule has 1 nitrogen and oxygen atoms in total. The van der Waals surface area contributed by atoms with E-state index in [4.69, 9.17) is 0 Å². The lowest BCUT2D eigenvalue weighted by molar-refractivity contribution is 0.590. The van der Waals surface area contributed by atoms with Gasteiger partial charge in [-0.05, 0) is 131 Å². The van der Waals surface area contributed by atoms with Gasteiger partial charge in [0.1, 0.15) is 0 Å². The Morgan fingerprint density at radius 3 is 1.56 bits per heavy atom. The topological polar surface area (TPSA) is 3.24 Å². The van der Waals surface area contributed by atoms with E-state index >= 15 is 0 Å². The van der Waals surface area contributed by atoms with E-state index in [1.165, 1.54) is 100 Å². The summed E-state index contributed by atoms with van der Waals surface area (Å²) in [6.45, 7) is 11.6. The minimum Gasteiger partial charge on any atom is -0.310 e. The Morgan fingerprint density at radius 2 is 0.841 bits per heavy atom. The Labute approximate surface area is 372 Å². The minimum absolute atomic E-state index is 0.0932. The van der Waals surface area contributed by atoms with Gasteiger partial charge in [0.25, 0.3) is 0 Å². The maximum Gasteiger partial charge on any atom is 0.0726 e. The predicted octanol–water partition coefficient (Wildman–Crippen LogP) is 16.4. The molecule has 0 aromatic heterocycles. The van der Waals surface area contributed by atoms with Crippen LogP contribution in [0.1, 0.15) is 73.6 Å². The summed E-state index contributed by atoms with van der Waals surface area (Å²) in [6.07, 6.45) is 0. The summed E-state index contributed by atoms with van der Waals surface area (Å²) in [6, 6.07) is 77.8. The first kappa shape index (κ1) is 37.5. The summed E-state index contributed by atoms with van der Waals surface area (Å²) in [5.41, 5.74) is 25.1. The van der Waals surface area contributed by atoms with Crippen molar-refractivity contribution in [1.82, 2.24) is 0 Å². The zero-order valence-corrected chi connectivity index (χ0v) is 36.6. The first-order chi connectivity index (χ1) is 30.6. The smallest absolute Gasteiger partial charge is 0.0726 e. The van der Waals surface area contributed by atoms with Crippen LogP contribution >= 0.6 is 0 Å². The standard InChI is InChI=1S/C62H49N/c1-60(2,3)44-31-26-42(27-32-44)43-30-36-50-48-19-10-13-22-53(48)62(57(50)38-43)54-23-14-11-20-51(54)59-55(62)24-15-25-58(59)63(45-33-28-41(29-34-45)40-16-7-6-8-17-40)46-35-37-49-47-18-9-12-21-52(47)61(4,5)56(49)39-46/h6-39H,1-5H3. The van der Waals surface area contributed by atoms with E-state index in [0.717, 1.165) is 11.4 Å². The molecule has 0 aliphatic heterocycles. The van der Waals surface area contributed by atoms with Crippen molar-refractivity contribution < 1.29 is 0 Å². The van der Waals surface area contributed by atoms with E-state index in [1.54, 1.807) is 0 Å². The molecule has 1 unspecified atom stereocenters. The van der Waals surface area contributed by atoms with Gasteiger partial charge in [-0.3, -0.25) is 0 Å². The van der Waals surface area contributed by atoms with Crippen LogP contribution in [0, 0.1) is 0 Å². The van der Waals surface area contributed by atoms with E-state index in [0.29, 0.717) is 0 Å². The summed E-state index contributed by atoms with van der Waals surface area (Å²) in [5.74, 6) is 0. The number of hydrogen-bond acceptors (Lipinski definition) is 1. The van der Waals surface area contributed by atoms with Crippen molar-refractivity contribution in [3.05, 3.63) is 245 Å². The molecular weight excluding hydrogens is 759 g/mol. The molecule has 1 atom stereocenters. The van der Waals surface area contributed by atoms with Gasteiger partial charge in [0.05, 0.1) is 11.1 Å². The third-order valence-corrected chi connectivity index (χ3v) is 14.5. The van der Waals surface area contributed by atoms with Gasteiger partial charge in [-0.15, -0.1) is 0 Å². The molecule has 63 heavy (non-hydrogen) atoms. The maximum atomic E-state index is 2.53. The van der Waals surface area contributed by atoms with Gasteiger partial charge in [0.15, 0.2) is 0 Å². The van der Waals surface area contributed by atoms with E-state index < -0.39 is 5.41 Å². The van der Waals surface area contributed by atoms with E-state index in [-0.39, 0.29) is 10.8 Å². The van der Waals surface area contributed by atoms with Crippen molar-refractivity contribution in [3.63, 3.8) is 0 Å². The molecule has 3 aliphatic carbocycles. The average molecular weight is 808 g/mol. The fourth-order valence-corrected chi connectivity index (χ4v) is 11.4. The van der Waals surface area contributed by atoms with Gasteiger partial charge in [0, 0.05) is 22.4 Å². The first-order valence-corrected chi connectivity index (χ1v) is 22.4. The molecule has 302 valence electrons. The highest BCUT2D eigenvalue weighted by Gasteiger charge is 2.52. The van der Waals surface area contributed by atoms with Gasteiger partial charge in [-0.1, -0.05) is 204 Å². The molecule has 1 spiro atoms. The van der Waals surface area contributed by atoms with Crippen molar-refractivity contribution in [3.8, 4) is 55.6 Å². The second kappa shape index (κ2) is 13.6. The molecule has 9 aromatic rings. The molecular formula is C62H49N. The summed E-state index contributed by atoms with van der Waals surface area (Å²) >= 11 is 0. The quantitative estimate of drug-likeness (QED) is 0.167. The van der Waals surface area contributed by atoms with Crippen LogP contribution in [0.2, 0.25) is 0 Å². The third-order valence-electron chi connectivity index (χ3n) is 14.5. The predicted molar refractivity (Wildman–Crippen MR) is 265 cm³/mol. The van der Waals surface area contributed by atoms with Crippen molar-refractivity contribution in [2.45, 2.75) is 50.9 Å². The number of rotatable bonds is 5. The van der Waals surface area contributed by atoms with Crippen LogP contribution in [0.5, 0.6) is 0 Å². The fraction of sp³-hybridized carbons (Fsp3) is 0.129. The third kappa shape index (κ3) is 5.42. The lowest BCUT2D eigenvalue weighted by atomic mass is 9.70. The average Bonchev–Trinajstić information content (AvgIpc) is 3.88. The normalized spacial score (nSPS) is 15.9. The van der Waals surface area contributed by atoms with Crippen LogP contribution in [0.3, 0.4) is 0 Å². The minimum atomic E-state index is -0.500. The Kier molecular flexibility index (Phi) is 8.13. The molecule has 1 heteroatoms. The van der Waals surface area contributed by atoms with E-state index in [9.17, 15) is 0 Å². The maximum absolute atomic E-state index is 2.53. The molecule has 9 aromatic carbocycles. The lowest BCUT2D eigenvalue weighted by Crippen LogP contribution is -2.26. The summed E-state index contributed by atoms with van der Waals surface area (Å²) < 4.78 is 0. The van der Waals surface area contributed by atoms with E-state index in [2.05, 4.69) is 246 Å². The summed E-state index contributed by atoms with van der Waals surface area (Å²) in [5, 5.41) is 0. The molecule has 0 heterocycles. The van der Waals surface area contributed by atoms with Crippen LogP contribution in [-0.4, -0.2) is 0 Å². The Hall–Kier alpha value is -7.22. The Morgan fingerprint density at radius 1 is 0.349 bits per heavy atom. The zero-order valence-electron chi connectivity index (χ0n) is 36.6. The van der Waals surface area contributed by atoms with Crippen LogP contribution in [0.15, 0.2) is 206 Å². The zero-order chi connectivity index (χ0) is 42.7. The van der Waals surface area contributed by atoms with Gasteiger partial charge >= 0.3 is 0 Å². The lowest BCUT2D eigenvalue weighted by Gasteiger charge is -2.32. The summed E-state index contributed by atoms with van der Waals surface area (Å²) in [7, 11) is 0.